The van der Waals surface area contributed by atoms with Crippen LogP contribution in [0.3, 0.4) is 0 Å². The molecule has 1 amide bonds. The quantitative estimate of drug-likeness (QED) is 0.250. The maximum atomic E-state index is 11.9. The molecule has 0 aliphatic heterocycles. The number of nitrogens with one attached hydrogen (secondary N) is 1. The fourth-order valence-electron chi connectivity index (χ4n) is 2.28. The van der Waals surface area contributed by atoms with Crippen molar-refractivity contribution in [1.82, 2.24) is 5.32 Å². The van der Waals surface area contributed by atoms with Gasteiger partial charge in [0.2, 0.25) is 5.91 Å². The molecule has 130 valence electrons. The van der Waals surface area contributed by atoms with Crippen LogP contribution in [0, 0.1) is 0 Å². The Balaban J connectivity index is 0. The molecule has 0 aliphatic carbocycles. The molecule has 0 spiro atoms. The van der Waals surface area contributed by atoms with Gasteiger partial charge in [-0.05, 0) is 30.6 Å². The molecule has 1 aromatic carbocycles. The molecule has 0 aromatic heterocycles. The van der Waals surface area contributed by atoms with Crippen molar-refractivity contribution in [2.45, 2.75) is 49.8 Å². The standard InChI is InChI=1S/C17H25NO3S2.Na.H/c19-16(9-5-4-8-14(23)10-11-22)18-15(17(20)21)12-13-6-2-1-3-7-13;;/h1-3,6-7,14-15,22-23H,4-5,8-12H2,(H,18,19)(H,20,21);;/q;+1;-1/t14?,15-;;/m0../s1. The van der Waals surface area contributed by atoms with E-state index in [1.165, 1.54) is 0 Å². The second-order valence-electron chi connectivity index (χ2n) is 5.56. The predicted molar refractivity (Wildman–Crippen MR) is 101 cm³/mol. The van der Waals surface area contributed by atoms with E-state index in [-0.39, 0.29) is 36.9 Å². The van der Waals surface area contributed by atoms with E-state index in [2.05, 4.69) is 30.6 Å². The molecular formula is C17H26NNaO3S2. The Morgan fingerprint density at radius 2 is 1.83 bits per heavy atom. The number of rotatable bonds is 11. The smallest absolute Gasteiger partial charge is 1.00 e. The minimum absolute atomic E-state index is 0. The van der Waals surface area contributed by atoms with E-state index in [9.17, 15) is 14.7 Å². The Morgan fingerprint density at radius 1 is 1.17 bits per heavy atom. The minimum atomic E-state index is -1.01. The molecule has 0 fully saturated rings. The molecule has 0 heterocycles. The molecule has 24 heavy (non-hydrogen) atoms. The second-order valence-corrected chi connectivity index (χ2v) is 6.74. The van der Waals surface area contributed by atoms with Crippen molar-refractivity contribution in [3.05, 3.63) is 35.9 Å². The van der Waals surface area contributed by atoms with Gasteiger partial charge >= 0.3 is 35.5 Å². The van der Waals surface area contributed by atoms with Crippen molar-refractivity contribution in [2.24, 2.45) is 0 Å². The third kappa shape index (κ3) is 10.7. The molecule has 0 saturated heterocycles. The van der Waals surface area contributed by atoms with Gasteiger partial charge in [0.25, 0.3) is 0 Å². The van der Waals surface area contributed by atoms with Gasteiger partial charge in [-0.2, -0.15) is 25.3 Å². The number of thiol groups is 2. The van der Waals surface area contributed by atoms with Crippen LogP contribution in [0.15, 0.2) is 30.3 Å². The normalized spacial score (nSPS) is 12.8. The first-order valence-corrected chi connectivity index (χ1v) is 9.03. The van der Waals surface area contributed by atoms with Gasteiger partial charge in [0.05, 0.1) is 0 Å². The van der Waals surface area contributed by atoms with Gasteiger partial charge in [-0.25, -0.2) is 4.79 Å². The zero-order chi connectivity index (χ0) is 17.1. The van der Waals surface area contributed by atoms with Crippen LogP contribution in [0.1, 0.15) is 39.1 Å². The molecule has 0 bridgehead atoms. The fourth-order valence-corrected chi connectivity index (χ4v) is 3.10. The molecule has 1 unspecified atom stereocenters. The number of carboxylic acids is 1. The summed E-state index contributed by atoms with van der Waals surface area (Å²) in [6.07, 6.45) is 4.20. The Kier molecular flexibility index (Phi) is 14.0. The van der Waals surface area contributed by atoms with Gasteiger partial charge in [-0.15, -0.1) is 0 Å². The average molecular weight is 380 g/mol. The van der Waals surface area contributed by atoms with E-state index >= 15 is 0 Å². The number of hydrogen-bond acceptors (Lipinski definition) is 4. The SMILES string of the molecule is O=C(CCCCC(S)CCS)N[C@@H](Cc1ccccc1)C(=O)O.[H-].[Na+]. The van der Waals surface area contributed by atoms with Crippen LogP contribution in [-0.4, -0.2) is 34.0 Å². The van der Waals surface area contributed by atoms with Crippen LogP contribution in [0.25, 0.3) is 0 Å². The van der Waals surface area contributed by atoms with E-state index in [4.69, 9.17) is 0 Å². The molecular weight excluding hydrogens is 353 g/mol. The fraction of sp³-hybridized carbons (Fsp3) is 0.529. The summed E-state index contributed by atoms with van der Waals surface area (Å²) < 4.78 is 0. The van der Waals surface area contributed by atoms with Crippen molar-refractivity contribution in [3.63, 3.8) is 0 Å². The summed E-state index contributed by atoms with van der Waals surface area (Å²) in [6.45, 7) is 0. The number of amides is 1. The van der Waals surface area contributed by atoms with E-state index in [0.717, 1.165) is 37.0 Å². The van der Waals surface area contributed by atoms with E-state index < -0.39 is 12.0 Å². The third-order valence-corrected chi connectivity index (χ3v) is 4.34. The molecule has 0 saturated carbocycles. The first-order valence-electron chi connectivity index (χ1n) is 7.88. The van der Waals surface area contributed by atoms with Crippen molar-refractivity contribution < 1.29 is 45.7 Å². The number of carboxylic acid groups (broad SMARTS) is 1. The number of unbranched alkanes of at least 4 members (excludes halogenated alkanes) is 1. The van der Waals surface area contributed by atoms with Crippen molar-refractivity contribution in [1.29, 1.82) is 0 Å². The summed E-state index contributed by atoms with van der Waals surface area (Å²) in [5.74, 6) is -0.404. The summed E-state index contributed by atoms with van der Waals surface area (Å²) in [7, 11) is 0. The predicted octanol–water partition coefficient (Wildman–Crippen LogP) is 0.0937. The average Bonchev–Trinajstić information content (AvgIpc) is 2.52. The van der Waals surface area contributed by atoms with Gasteiger partial charge in [0.1, 0.15) is 6.04 Å². The van der Waals surface area contributed by atoms with Crippen LogP contribution in [0.5, 0.6) is 0 Å². The Labute approximate surface area is 178 Å². The first-order chi connectivity index (χ1) is 11.0. The Bertz CT molecular complexity index is 494. The number of carbonyl (C=O) groups excluding carboxylic acids is 1. The molecule has 7 heteroatoms. The Hall–Kier alpha value is -0.140. The number of benzene rings is 1. The summed E-state index contributed by atoms with van der Waals surface area (Å²) in [5.41, 5.74) is 0.893. The van der Waals surface area contributed by atoms with Crippen LogP contribution >= 0.6 is 25.3 Å². The van der Waals surface area contributed by atoms with Gasteiger partial charge in [0.15, 0.2) is 0 Å². The van der Waals surface area contributed by atoms with Gasteiger partial charge in [0, 0.05) is 18.1 Å². The molecule has 1 aromatic rings. The number of carbonyl (C=O) groups is 2. The molecule has 4 nitrogen and oxygen atoms in total. The van der Waals surface area contributed by atoms with Crippen LogP contribution in [0.2, 0.25) is 0 Å². The Morgan fingerprint density at radius 3 is 2.42 bits per heavy atom. The maximum absolute atomic E-state index is 11.9. The molecule has 2 N–H and O–H groups in total. The van der Waals surface area contributed by atoms with Gasteiger partial charge < -0.3 is 11.8 Å². The van der Waals surface area contributed by atoms with Gasteiger partial charge in [-0.1, -0.05) is 36.8 Å². The first kappa shape index (κ1) is 23.9. The van der Waals surface area contributed by atoms with Crippen LogP contribution in [0.4, 0.5) is 0 Å². The molecule has 2 atom stereocenters. The summed E-state index contributed by atoms with van der Waals surface area (Å²) in [6, 6.07) is 8.42. The van der Waals surface area contributed by atoms with Crippen molar-refractivity contribution in [3.8, 4) is 0 Å². The summed E-state index contributed by atoms with van der Waals surface area (Å²) >= 11 is 8.61. The van der Waals surface area contributed by atoms with Crippen molar-refractivity contribution >= 4 is 37.1 Å². The summed E-state index contributed by atoms with van der Waals surface area (Å²) in [5, 5.41) is 12.2. The number of aliphatic carboxylic acids is 1. The van der Waals surface area contributed by atoms with Gasteiger partial charge in [-0.3, -0.25) is 4.79 Å². The number of hydrogen-bond donors (Lipinski definition) is 4. The maximum Gasteiger partial charge on any atom is 1.00 e. The zero-order valence-electron chi connectivity index (χ0n) is 15.1. The van der Waals surface area contributed by atoms with Crippen molar-refractivity contribution in [2.75, 3.05) is 5.75 Å². The molecule has 0 radical (unpaired) electrons. The third-order valence-electron chi connectivity index (χ3n) is 3.57. The minimum Gasteiger partial charge on any atom is -1.00 e. The van der Waals surface area contributed by atoms with Crippen LogP contribution in [-0.2, 0) is 16.0 Å². The van der Waals surface area contributed by atoms with E-state index in [1.807, 2.05) is 30.3 Å². The largest absolute Gasteiger partial charge is 1.00 e. The molecule has 1 rings (SSSR count). The van der Waals surface area contributed by atoms with Crippen LogP contribution < -0.4 is 34.9 Å². The monoisotopic (exact) mass is 379 g/mol. The zero-order valence-corrected chi connectivity index (χ0v) is 17.9. The molecule has 0 aliphatic rings. The topological polar surface area (TPSA) is 66.4 Å². The van der Waals surface area contributed by atoms with E-state index in [0.29, 0.717) is 18.1 Å². The summed E-state index contributed by atoms with van der Waals surface area (Å²) in [4.78, 5) is 23.2. The second kappa shape index (κ2) is 14.1. The van der Waals surface area contributed by atoms with E-state index in [1.54, 1.807) is 0 Å².